The van der Waals surface area contributed by atoms with Crippen molar-refractivity contribution in [1.82, 2.24) is 15.0 Å². The summed E-state index contributed by atoms with van der Waals surface area (Å²) in [6.07, 6.45) is 6.41. The molecule has 1 aliphatic rings. The lowest BCUT2D eigenvalue weighted by molar-refractivity contribution is -0.132. The van der Waals surface area contributed by atoms with Gasteiger partial charge in [-0.1, -0.05) is 190 Å². The average Bonchev–Trinajstić information content (AvgIpc) is 3.62. The van der Waals surface area contributed by atoms with E-state index in [2.05, 4.69) is 117 Å². The normalized spacial score (nSPS) is 15.5. The second kappa shape index (κ2) is 25.0. The molecule has 9 aromatic rings. The molecule has 84 heavy (non-hydrogen) atoms. The molecule has 3 aromatic heterocycles. The molecule has 0 radical (unpaired) electrons. The van der Waals surface area contributed by atoms with Crippen molar-refractivity contribution in [2.45, 2.75) is 81.6 Å². The predicted octanol–water partition coefficient (Wildman–Crippen LogP) is 17.4. The van der Waals surface area contributed by atoms with Crippen LogP contribution in [0.3, 0.4) is 0 Å². The van der Waals surface area contributed by atoms with Crippen molar-refractivity contribution in [3.63, 3.8) is 0 Å². The first-order valence-corrected chi connectivity index (χ1v) is 29.5. The fourth-order valence-corrected chi connectivity index (χ4v) is 11.5. The van der Waals surface area contributed by atoms with Gasteiger partial charge in [-0.3, -0.25) is 29.3 Å². The molecular weight excluding hydrogens is 1030 g/mol. The van der Waals surface area contributed by atoms with Gasteiger partial charge in [-0.05, 0) is 142 Å². The first-order chi connectivity index (χ1) is 40.2. The third-order valence-corrected chi connectivity index (χ3v) is 15.5. The molecule has 0 aliphatic heterocycles. The zero-order chi connectivity index (χ0) is 59.2. The number of carbonyl (C=O) groups excluding carboxylic acids is 3. The second-order valence-corrected chi connectivity index (χ2v) is 26.3. The summed E-state index contributed by atoms with van der Waals surface area (Å²) in [7, 11) is 0. The number of amides is 3. The molecule has 0 saturated heterocycles. The number of aromatic nitrogens is 3. The van der Waals surface area contributed by atoms with Crippen LogP contribution in [0.4, 0.5) is 17.1 Å². The molecule has 1 fully saturated rings. The van der Waals surface area contributed by atoms with Crippen LogP contribution in [0.15, 0.2) is 219 Å². The minimum absolute atomic E-state index is 0.0916. The summed E-state index contributed by atoms with van der Waals surface area (Å²) < 4.78 is 0. The van der Waals surface area contributed by atoms with Crippen molar-refractivity contribution in [1.29, 1.82) is 0 Å². The van der Waals surface area contributed by atoms with E-state index in [1.807, 2.05) is 179 Å². The maximum absolute atomic E-state index is 15.8. The summed E-state index contributed by atoms with van der Waals surface area (Å²) in [6, 6.07) is 67.4. The van der Waals surface area contributed by atoms with E-state index in [0.29, 0.717) is 38.9 Å². The summed E-state index contributed by atoms with van der Waals surface area (Å²) in [5.41, 5.74) is 13.2. The highest BCUT2D eigenvalue weighted by molar-refractivity contribution is 6.01. The van der Waals surface area contributed by atoms with E-state index < -0.39 is 17.8 Å². The molecule has 9 nitrogen and oxygen atoms in total. The van der Waals surface area contributed by atoms with E-state index in [4.69, 9.17) is 15.0 Å². The van der Waals surface area contributed by atoms with Crippen LogP contribution in [0.1, 0.15) is 81.6 Å². The first-order valence-electron chi connectivity index (χ1n) is 29.5. The fraction of sp³-hybridized carbons (Fsp3) is 0.280. The Balaban J connectivity index is 0.996. The molecule has 0 bridgehead atoms. The smallest absolute Gasteiger partial charge is 0.230 e. The summed E-state index contributed by atoms with van der Waals surface area (Å²) in [4.78, 5) is 67.4. The fourth-order valence-electron chi connectivity index (χ4n) is 11.5. The quantitative estimate of drug-likeness (QED) is 0.101. The van der Waals surface area contributed by atoms with Gasteiger partial charge in [0.2, 0.25) is 17.7 Å². The molecule has 1 saturated carbocycles. The first kappa shape index (κ1) is 58.4. The molecule has 0 unspecified atom stereocenters. The van der Waals surface area contributed by atoms with Gasteiger partial charge in [-0.2, -0.15) is 0 Å². The Morgan fingerprint density at radius 3 is 0.786 bits per heavy atom. The Hall–Kier alpha value is -8.82. The van der Waals surface area contributed by atoms with Crippen LogP contribution in [0.5, 0.6) is 0 Å². The van der Waals surface area contributed by atoms with E-state index >= 15 is 14.4 Å². The minimum atomic E-state index is -0.642. The van der Waals surface area contributed by atoms with Crippen molar-refractivity contribution in [2.75, 3.05) is 34.3 Å². The highest BCUT2D eigenvalue weighted by Crippen LogP contribution is 2.42. The van der Waals surface area contributed by atoms with Gasteiger partial charge in [0.25, 0.3) is 0 Å². The van der Waals surface area contributed by atoms with Crippen molar-refractivity contribution >= 4 is 34.8 Å². The molecule has 10 rings (SSSR count). The van der Waals surface area contributed by atoms with Gasteiger partial charge < -0.3 is 14.7 Å². The van der Waals surface area contributed by atoms with Crippen molar-refractivity contribution < 1.29 is 14.4 Å². The summed E-state index contributed by atoms with van der Waals surface area (Å²) in [5.74, 6) is -2.20. The number of carbonyl (C=O) groups is 3. The van der Waals surface area contributed by atoms with Crippen LogP contribution < -0.4 is 14.7 Å². The average molecular weight is 1110 g/mol. The van der Waals surface area contributed by atoms with Gasteiger partial charge in [-0.15, -0.1) is 0 Å². The standard InChI is InChI=1S/C75H78N6O3/c1-73(2,3)49-79(64-31-25-55(26-32-64)67-46-58(37-40-76-67)52-19-13-10-14-20-52)70(82)61-43-62(71(83)80(50-74(4,5)6)65-33-27-56(28-34-65)68-47-59(38-41-77-68)53-21-15-11-16-22-53)45-63(44-61)72(84)81(51-75(7,8)9)66-35-29-57(30-36-66)69-48-60(39-42-78-69)54-23-17-12-18-24-54/h10-42,46-48,61-63H,43-45,49-51H2,1-9H3. The Bertz CT molecular complexity index is 3300. The number of nitrogens with zero attached hydrogens (tertiary/aromatic N) is 6. The van der Waals surface area contributed by atoms with Crippen LogP contribution in [-0.4, -0.2) is 52.3 Å². The molecule has 0 atom stereocenters. The Morgan fingerprint density at radius 2 is 0.560 bits per heavy atom. The Kier molecular flexibility index (Phi) is 17.3. The highest BCUT2D eigenvalue weighted by Gasteiger charge is 2.44. The minimum Gasteiger partial charge on any atom is -0.312 e. The van der Waals surface area contributed by atoms with E-state index in [1.54, 1.807) is 0 Å². The predicted molar refractivity (Wildman–Crippen MR) is 345 cm³/mol. The third kappa shape index (κ3) is 14.5. The number of anilines is 3. The van der Waals surface area contributed by atoms with E-state index in [9.17, 15) is 0 Å². The van der Waals surface area contributed by atoms with Gasteiger partial charge in [-0.25, -0.2) is 0 Å². The molecule has 426 valence electrons. The molecule has 1 aliphatic carbocycles. The number of benzene rings is 6. The van der Waals surface area contributed by atoms with Gasteiger partial charge in [0, 0.05) is 89.7 Å². The summed E-state index contributed by atoms with van der Waals surface area (Å²) in [6.45, 7) is 20.5. The SMILES string of the molecule is CC(C)(C)CN(C(=O)C1CC(C(=O)N(CC(C)(C)C)c2ccc(-c3cc(-c4ccccc4)ccn3)cc2)CC(C(=O)N(CC(C)(C)C)c2ccc(-c3cc(-c4ccccc4)ccn3)cc2)C1)c1ccc(-c2cc(-c3ccccc3)ccn2)cc1. The van der Waals surface area contributed by atoms with Crippen LogP contribution in [0, 0.1) is 34.0 Å². The van der Waals surface area contributed by atoms with E-state index in [-0.39, 0.29) is 34.0 Å². The van der Waals surface area contributed by atoms with Crippen LogP contribution >= 0.6 is 0 Å². The summed E-state index contributed by atoms with van der Waals surface area (Å²) >= 11 is 0. The van der Waals surface area contributed by atoms with Gasteiger partial charge >= 0.3 is 0 Å². The molecule has 3 heterocycles. The van der Waals surface area contributed by atoms with Gasteiger partial charge in [0.15, 0.2) is 0 Å². The van der Waals surface area contributed by atoms with Crippen LogP contribution in [0.25, 0.3) is 67.2 Å². The maximum atomic E-state index is 15.8. The number of pyridine rings is 3. The molecule has 0 spiro atoms. The van der Waals surface area contributed by atoms with E-state index in [0.717, 1.165) is 84.2 Å². The van der Waals surface area contributed by atoms with Crippen LogP contribution in [-0.2, 0) is 14.4 Å². The third-order valence-electron chi connectivity index (χ3n) is 15.5. The van der Waals surface area contributed by atoms with Crippen molar-refractivity contribution in [3.8, 4) is 67.2 Å². The molecule has 6 aromatic carbocycles. The topological polar surface area (TPSA) is 99.6 Å². The highest BCUT2D eigenvalue weighted by atomic mass is 16.2. The van der Waals surface area contributed by atoms with Crippen LogP contribution in [0.2, 0.25) is 0 Å². The Morgan fingerprint density at radius 1 is 0.321 bits per heavy atom. The Labute approximate surface area is 497 Å². The number of rotatable bonds is 15. The largest absolute Gasteiger partial charge is 0.312 e. The zero-order valence-corrected chi connectivity index (χ0v) is 50.2. The van der Waals surface area contributed by atoms with Crippen molar-refractivity contribution in [2.24, 2.45) is 34.0 Å². The van der Waals surface area contributed by atoms with Gasteiger partial charge in [0.1, 0.15) is 0 Å². The lowest BCUT2D eigenvalue weighted by Gasteiger charge is -2.41. The molecule has 0 N–H and O–H groups in total. The number of hydrogen-bond acceptors (Lipinski definition) is 6. The lowest BCUT2D eigenvalue weighted by atomic mass is 9.73. The second-order valence-electron chi connectivity index (χ2n) is 26.3. The monoisotopic (exact) mass is 1110 g/mol. The molecule has 9 heteroatoms. The number of hydrogen-bond donors (Lipinski definition) is 0. The van der Waals surface area contributed by atoms with Crippen molar-refractivity contribution in [3.05, 3.63) is 219 Å². The van der Waals surface area contributed by atoms with E-state index in [1.165, 1.54) is 0 Å². The lowest BCUT2D eigenvalue weighted by Crippen LogP contribution is -2.50. The van der Waals surface area contributed by atoms with Gasteiger partial charge in [0.05, 0.1) is 17.1 Å². The summed E-state index contributed by atoms with van der Waals surface area (Å²) in [5, 5.41) is 0. The zero-order valence-electron chi connectivity index (χ0n) is 50.2. The maximum Gasteiger partial charge on any atom is 0.230 e. The molecular formula is C75H78N6O3. The molecule has 3 amide bonds.